The standard InChI is InChI=1S/C17H31BO4/c1-7-8-9-10-11-15(12-13-20-14(2)19)18-21-16(3,4)17(5,6)22-18/h12-13,15H,7-11H2,1-6H3/b13-12+/t15-/m0/s1. The summed E-state index contributed by atoms with van der Waals surface area (Å²) in [7, 11) is -0.293. The molecular formula is C17H31BO4. The third-order valence-corrected chi connectivity index (χ3v) is 4.57. The van der Waals surface area contributed by atoms with Crippen LogP contribution in [0.5, 0.6) is 0 Å². The van der Waals surface area contributed by atoms with E-state index >= 15 is 0 Å². The molecule has 0 spiro atoms. The van der Waals surface area contributed by atoms with Crippen LogP contribution < -0.4 is 0 Å². The average Bonchev–Trinajstić information content (AvgIpc) is 2.61. The van der Waals surface area contributed by atoms with Crippen LogP contribution in [-0.2, 0) is 18.8 Å². The quantitative estimate of drug-likeness (QED) is 0.287. The van der Waals surface area contributed by atoms with E-state index in [0.717, 1.165) is 12.8 Å². The fraction of sp³-hybridized carbons (Fsp3) is 0.824. The van der Waals surface area contributed by atoms with Crippen molar-refractivity contribution >= 4 is 13.1 Å². The molecule has 1 aliphatic heterocycles. The molecule has 0 N–H and O–H groups in total. The molecule has 0 bridgehead atoms. The van der Waals surface area contributed by atoms with E-state index in [9.17, 15) is 4.79 Å². The largest absolute Gasteiger partial charge is 0.465 e. The van der Waals surface area contributed by atoms with Crippen LogP contribution in [0.1, 0.15) is 73.6 Å². The fourth-order valence-corrected chi connectivity index (χ4v) is 2.43. The van der Waals surface area contributed by atoms with Crippen molar-refractivity contribution in [1.29, 1.82) is 0 Å². The van der Waals surface area contributed by atoms with Gasteiger partial charge >= 0.3 is 13.1 Å². The van der Waals surface area contributed by atoms with Gasteiger partial charge in [-0.25, -0.2) is 0 Å². The number of allylic oxidation sites excluding steroid dienone is 1. The second kappa shape index (κ2) is 8.16. The Morgan fingerprint density at radius 1 is 1.14 bits per heavy atom. The molecule has 0 saturated carbocycles. The van der Waals surface area contributed by atoms with E-state index in [2.05, 4.69) is 34.6 Å². The summed E-state index contributed by atoms with van der Waals surface area (Å²) < 4.78 is 17.2. The average molecular weight is 310 g/mol. The summed E-state index contributed by atoms with van der Waals surface area (Å²) in [4.78, 5) is 10.9. The smallest absolute Gasteiger partial charge is 0.435 e. The highest BCUT2D eigenvalue weighted by atomic mass is 16.7. The van der Waals surface area contributed by atoms with Gasteiger partial charge in [0.1, 0.15) is 0 Å². The highest BCUT2D eigenvalue weighted by molar-refractivity contribution is 6.48. The van der Waals surface area contributed by atoms with Gasteiger partial charge in [-0.1, -0.05) is 32.6 Å². The van der Waals surface area contributed by atoms with Crippen molar-refractivity contribution in [3.8, 4) is 0 Å². The minimum absolute atomic E-state index is 0.0947. The van der Waals surface area contributed by atoms with Gasteiger partial charge < -0.3 is 14.0 Å². The van der Waals surface area contributed by atoms with E-state index in [0.29, 0.717) is 0 Å². The van der Waals surface area contributed by atoms with Crippen LogP contribution in [-0.4, -0.2) is 24.3 Å². The van der Waals surface area contributed by atoms with Crippen molar-refractivity contribution < 1.29 is 18.8 Å². The number of carbonyl (C=O) groups excluding carboxylic acids is 1. The van der Waals surface area contributed by atoms with E-state index in [1.165, 1.54) is 32.4 Å². The topological polar surface area (TPSA) is 44.8 Å². The van der Waals surface area contributed by atoms with Crippen LogP contribution in [0.3, 0.4) is 0 Å². The number of unbranched alkanes of at least 4 members (excludes halogenated alkanes) is 3. The molecule has 1 rings (SSSR count). The first-order valence-corrected chi connectivity index (χ1v) is 8.39. The molecule has 126 valence electrons. The maximum absolute atomic E-state index is 10.9. The molecule has 1 aliphatic rings. The molecule has 22 heavy (non-hydrogen) atoms. The third kappa shape index (κ3) is 5.43. The molecule has 0 aromatic rings. The number of hydrogen-bond acceptors (Lipinski definition) is 4. The van der Waals surface area contributed by atoms with E-state index in [1.807, 2.05) is 6.08 Å². The van der Waals surface area contributed by atoms with Crippen molar-refractivity contribution in [2.45, 2.75) is 90.7 Å². The molecule has 0 aliphatic carbocycles. The molecule has 5 heteroatoms. The summed E-state index contributed by atoms with van der Waals surface area (Å²) in [5, 5.41) is 0. The second-order valence-corrected chi connectivity index (χ2v) is 7.08. The van der Waals surface area contributed by atoms with Gasteiger partial charge in [0.05, 0.1) is 17.5 Å². The Morgan fingerprint density at radius 2 is 1.73 bits per heavy atom. The maximum atomic E-state index is 10.9. The van der Waals surface area contributed by atoms with Gasteiger partial charge in [-0.05, 0) is 40.2 Å². The highest BCUT2D eigenvalue weighted by Gasteiger charge is 2.53. The van der Waals surface area contributed by atoms with Crippen LogP contribution in [0.4, 0.5) is 0 Å². The maximum Gasteiger partial charge on any atom is 0.465 e. The first-order chi connectivity index (χ1) is 10.2. The molecule has 0 radical (unpaired) electrons. The summed E-state index contributed by atoms with van der Waals surface area (Å²) in [6.45, 7) is 11.8. The number of esters is 1. The van der Waals surface area contributed by atoms with E-state index in [4.69, 9.17) is 14.0 Å². The Balaban J connectivity index is 2.68. The number of rotatable bonds is 8. The lowest BCUT2D eigenvalue weighted by atomic mass is 9.69. The Labute approximate surface area is 135 Å². The zero-order valence-electron chi connectivity index (χ0n) is 15.0. The molecule has 1 fully saturated rings. The predicted molar refractivity (Wildman–Crippen MR) is 89.5 cm³/mol. The van der Waals surface area contributed by atoms with Gasteiger partial charge in [0.25, 0.3) is 0 Å². The summed E-state index contributed by atoms with van der Waals surface area (Å²) in [6.07, 6.45) is 9.11. The summed E-state index contributed by atoms with van der Waals surface area (Å²) >= 11 is 0. The van der Waals surface area contributed by atoms with Crippen molar-refractivity contribution in [2.24, 2.45) is 0 Å². The fourth-order valence-electron chi connectivity index (χ4n) is 2.43. The first-order valence-electron chi connectivity index (χ1n) is 8.39. The summed E-state index contributed by atoms with van der Waals surface area (Å²) in [6, 6.07) is 0. The second-order valence-electron chi connectivity index (χ2n) is 7.08. The monoisotopic (exact) mass is 310 g/mol. The summed E-state index contributed by atoms with van der Waals surface area (Å²) in [5.41, 5.74) is -0.677. The number of hydrogen-bond donors (Lipinski definition) is 0. The van der Waals surface area contributed by atoms with Gasteiger partial charge in [0, 0.05) is 12.7 Å². The number of ether oxygens (including phenoxy) is 1. The van der Waals surface area contributed by atoms with E-state index < -0.39 is 0 Å². The van der Waals surface area contributed by atoms with Crippen LogP contribution in [0.25, 0.3) is 0 Å². The molecule has 1 heterocycles. The molecule has 1 atom stereocenters. The molecule has 0 unspecified atom stereocenters. The Kier molecular flexibility index (Phi) is 7.14. The Hall–Kier alpha value is -0.805. The van der Waals surface area contributed by atoms with Gasteiger partial charge in [-0.3, -0.25) is 4.79 Å². The van der Waals surface area contributed by atoms with Crippen LogP contribution in [0.2, 0.25) is 5.82 Å². The zero-order valence-corrected chi connectivity index (χ0v) is 15.0. The van der Waals surface area contributed by atoms with Crippen molar-refractivity contribution in [1.82, 2.24) is 0 Å². The zero-order chi connectivity index (χ0) is 16.8. The Morgan fingerprint density at radius 3 is 2.23 bits per heavy atom. The lowest BCUT2D eigenvalue weighted by molar-refractivity contribution is -0.135. The molecular weight excluding hydrogens is 279 g/mol. The Bertz CT molecular complexity index is 374. The van der Waals surface area contributed by atoms with Gasteiger partial charge in [-0.15, -0.1) is 0 Å². The lowest BCUT2D eigenvalue weighted by Gasteiger charge is -2.32. The molecule has 0 aromatic heterocycles. The van der Waals surface area contributed by atoms with Crippen molar-refractivity contribution in [3.05, 3.63) is 12.3 Å². The SMILES string of the molecule is CCCCCC[C@@H](/C=C/OC(C)=O)B1OC(C)(C)C(C)(C)O1. The van der Waals surface area contributed by atoms with Crippen LogP contribution in [0.15, 0.2) is 12.3 Å². The van der Waals surface area contributed by atoms with Crippen molar-refractivity contribution in [2.75, 3.05) is 0 Å². The molecule has 0 amide bonds. The minimum Gasteiger partial charge on any atom is -0.435 e. The van der Waals surface area contributed by atoms with E-state index in [-0.39, 0.29) is 30.1 Å². The van der Waals surface area contributed by atoms with E-state index in [1.54, 1.807) is 0 Å². The molecule has 4 nitrogen and oxygen atoms in total. The third-order valence-electron chi connectivity index (χ3n) is 4.57. The minimum atomic E-state index is -0.339. The lowest BCUT2D eigenvalue weighted by Crippen LogP contribution is -2.41. The van der Waals surface area contributed by atoms with Crippen molar-refractivity contribution in [3.63, 3.8) is 0 Å². The van der Waals surface area contributed by atoms with Crippen LogP contribution >= 0.6 is 0 Å². The first kappa shape index (κ1) is 19.2. The predicted octanol–water partition coefficient (Wildman–Crippen LogP) is 4.50. The molecule has 1 saturated heterocycles. The number of carbonyl (C=O) groups is 1. The van der Waals surface area contributed by atoms with Gasteiger partial charge in [0.15, 0.2) is 0 Å². The normalized spacial score (nSPS) is 21.3. The summed E-state index contributed by atoms with van der Waals surface area (Å²) in [5.74, 6) is -0.216. The highest BCUT2D eigenvalue weighted by Crippen LogP contribution is 2.41. The van der Waals surface area contributed by atoms with Gasteiger partial charge in [-0.2, -0.15) is 0 Å². The molecule has 0 aromatic carbocycles. The van der Waals surface area contributed by atoms with Crippen LogP contribution in [0, 0.1) is 0 Å². The van der Waals surface area contributed by atoms with Gasteiger partial charge in [0.2, 0.25) is 0 Å².